The monoisotopic (exact) mass is 111 g/mol. The van der Waals surface area contributed by atoms with Crippen LogP contribution in [0, 0.1) is 5.92 Å². The zero-order valence-corrected chi connectivity index (χ0v) is 4.92. The minimum Gasteiger partial charge on any atom is -0.298 e. The van der Waals surface area contributed by atoms with Crippen molar-refractivity contribution >= 4 is 12.0 Å². The highest BCUT2D eigenvalue weighted by Gasteiger charge is 2.09. The van der Waals surface area contributed by atoms with Gasteiger partial charge in [0.05, 0.1) is 6.54 Å². The van der Waals surface area contributed by atoms with E-state index in [0.29, 0.717) is 18.9 Å². The minimum absolute atomic E-state index is 0.264. The molecule has 0 radical (unpaired) electrons. The van der Waals surface area contributed by atoms with E-state index in [1.165, 1.54) is 0 Å². The van der Waals surface area contributed by atoms with E-state index >= 15 is 0 Å². The SMILES string of the molecule is CC1C=NCC(=O)C1. The van der Waals surface area contributed by atoms with Gasteiger partial charge in [-0.3, -0.25) is 9.79 Å². The van der Waals surface area contributed by atoms with E-state index in [4.69, 9.17) is 0 Å². The minimum atomic E-state index is 0.264. The first-order valence-electron chi connectivity index (χ1n) is 2.80. The lowest BCUT2D eigenvalue weighted by molar-refractivity contribution is -0.118. The van der Waals surface area contributed by atoms with Crippen molar-refractivity contribution in [2.24, 2.45) is 10.9 Å². The van der Waals surface area contributed by atoms with Crippen molar-refractivity contribution < 1.29 is 4.79 Å². The highest BCUT2D eigenvalue weighted by molar-refractivity contribution is 5.87. The molecule has 1 unspecified atom stereocenters. The molecule has 0 aromatic rings. The number of hydrogen-bond donors (Lipinski definition) is 0. The quantitative estimate of drug-likeness (QED) is 0.451. The van der Waals surface area contributed by atoms with Crippen molar-refractivity contribution in [3.63, 3.8) is 0 Å². The summed E-state index contributed by atoms with van der Waals surface area (Å²) in [4.78, 5) is 14.4. The number of ketones is 1. The van der Waals surface area contributed by atoms with Gasteiger partial charge in [0.1, 0.15) is 0 Å². The summed E-state index contributed by atoms with van der Waals surface area (Å²) in [5, 5.41) is 0. The van der Waals surface area contributed by atoms with Crippen LogP contribution < -0.4 is 0 Å². The van der Waals surface area contributed by atoms with Crippen LogP contribution in [0.5, 0.6) is 0 Å². The van der Waals surface area contributed by atoms with Gasteiger partial charge in [0.15, 0.2) is 5.78 Å². The maximum atomic E-state index is 10.6. The van der Waals surface area contributed by atoms with Crippen LogP contribution in [-0.2, 0) is 4.79 Å². The van der Waals surface area contributed by atoms with Crippen molar-refractivity contribution in [3.8, 4) is 0 Å². The Labute approximate surface area is 48.6 Å². The molecule has 0 aromatic heterocycles. The molecular weight excluding hydrogens is 102 g/mol. The maximum Gasteiger partial charge on any atom is 0.154 e. The van der Waals surface area contributed by atoms with E-state index in [1.807, 2.05) is 13.1 Å². The fourth-order valence-electron chi connectivity index (χ4n) is 0.811. The van der Waals surface area contributed by atoms with Crippen LogP contribution in [0.1, 0.15) is 13.3 Å². The van der Waals surface area contributed by atoms with E-state index < -0.39 is 0 Å². The molecule has 0 spiro atoms. The third kappa shape index (κ3) is 1.15. The topological polar surface area (TPSA) is 29.4 Å². The number of Topliss-reactive ketones (excluding diaryl/α,β-unsaturated/α-hetero) is 1. The summed E-state index contributed by atoms with van der Waals surface area (Å²) in [6.45, 7) is 2.41. The fraction of sp³-hybridized carbons (Fsp3) is 0.667. The molecule has 2 heteroatoms. The van der Waals surface area contributed by atoms with Crippen LogP contribution in [0.4, 0.5) is 0 Å². The first-order valence-corrected chi connectivity index (χ1v) is 2.80. The van der Waals surface area contributed by atoms with Crippen molar-refractivity contribution in [3.05, 3.63) is 0 Å². The molecular formula is C6H9NO. The van der Waals surface area contributed by atoms with Crippen LogP contribution in [0.3, 0.4) is 0 Å². The van der Waals surface area contributed by atoms with Gasteiger partial charge in [0, 0.05) is 12.6 Å². The second-order valence-electron chi connectivity index (χ2n) is 2.21. The first kappa shape index (κ1) is 5.48. The largest absolute Gasteiger partial charge is 0.298 e. The third-order valence-corrected chi connectivity index (χ3v) is 1.18. The molecule has 0 aliphatic carbocycles. The van der Waals surface area contributed by atoms with Gasteiger partial charge in [-0.25, -0.2) is 0 Å². The van der Waals surface area contributed by atoms with Gasteiger partial charge in [-0.1, -0.05) is 6.92 Å². The van der Waals surface area contributed by atoms with Gasteiger partial charge in [-0.05, 0) is 5.92 Å². The average molecular weight is 111 g/mol. The molecule has 0 saturated carbocycles. The molecule has 0 fully saturated rings. The predicted octanol–water partition coefficient (Wildman–Crippen LogP) is 0.666. The Bertz CT molecular complexity index is 128. The average Bonchev–Trinajstić information content (AvgIpc) is 1.64. The number of nitrogens with zero attached hydrogens (tertiary/aromatic N) is 1. The molecule has 1 aliphatic rings. The molecule has 0 aromatic carbocycles. The molecule has 2 nitrogen and oxygen atoms in total. The van der Waals surface area contributed by atoms with Gasteiger partial charge >= 0.3 is 0 Å². The second-order valence-corrected chi connectivity index (χ2v) is 2.21. The number of hydrogen-bond acceptors (Lipinski definition) is 2. The van der Waals surface area contributed by atoms with E-state index in [9.17, 15) is 4.79 Å². The van der Waals surface area contributed by atoms with Crippen molar-refractivity contribution in [2.75, 3.05) is 6.54 Å². The van der Waals surface area contributed by atoms with E-state index in [0.717, 1.165) is 0 Å². The van der Waals surface area contributed by atoms with Crippen molar-refractivity contribution in [2.45, 2.75) is 13.3 Å². The van der Waals surface area contributed by atoms with Gasteiger partial charge in [-0.2, -0.15) is 0 Å². The molecule has 0 saturated heterocycles. The van der Waals surface area contributed by atoms with Crippen LogP contribution in [0.2, 0.25) is 0 Å². The summed E-state index contributed by atoms with van der Waals surface area (Å²) < 4.78 is 0. The Balaban J connectivity index is 2.54. The van der Waals surface area contributed by atoms with Crippen LogP contribution in [0.15, 0.2) is 4.99 Å². The molecule has 1 rings (SSSR count). The molecule has 8 heavy (non-hydrogen) atoms. The zero-order chi connectivity index (χ0) is 5.98. The Kier molecular flexibility index (Phi) is 1.42. The van der Waals surface area contributed by atoms with E-state index in [2.05, 4.69) is 4.99 Å². The van der Waals surface area contributed by atoms with Crippen molar-refractivity contribution in [1.82, 2.24) is 0 Å². The molecule has 0 bridgehead atoms. The van der Waals surface area contributed by atoms with Crippen LogP contribution in [-0.4, -0.2) is 18.5 Å². The smallest absolute Gasteiger partial charge is 0.154 e. The van der Waals surface area contributed by atoms with Crippen LogP contribution in [0.25, 0.3) is 0 Å². The van der Waals surface area contributed by atoms with Gasteiger partial charge in [0.2, 0.25) is 0 Å². The first-order chi connectivity index (χ1) is 3.79. The highest BCUT2D eigenvalue weighted by Crippen LogP contribution is 2.03. The molecule has 0 N–H and O–H groups in total. The lowest BCUT2D eigenvalue weighted by atomic mass is 10.0. The fourth-order valence-corrected chi connectivity index (χ4v) is 0.811. The van der Waals surface area contributed by atoms with Gasteiger partial charge in [-0.15, -0.1) is 0 Å². The van der Waals surface area contributed by atoms with E-state index in [1.54, 1.807) is 0 Å². The van der Waals surface area contributed by atoms with Crippen LogP contribution >= 0.6 is 0 Å². The Hall–Kier alpha value is -0.660. The standard InChI is InChI=1S/C6H9NO/c1-5-2-6(8)4-7-3-5/h3,5H,2,4H2,1H3. The van der Waals surface area contributed by atoms with Gasteiger partial charge < -0.3 is 0 Å². The second kappa shape index (κ2) is 2.07. The number of carbonyl (C=O) groups is 1. The van der Waals surface area contributed by atoms with Gasteiger partial charge in [0.25, 0.3) is 0 Å². The summed E-state index contributed by atoms with van der Waals surface area (Å²) >= 11 is 0. The Morgan fingerprint density at radius 3 is 3.00 bits per heavy atom. The molecule has 1 heterocycles. The maximum absolute atomic E-state index is 10.6. The summed E-state index contributed by atoms with van der Waals surface area (Å²) in [5.74, 6) is 0.635. The summed E-state index contributed by atoms with van der Waals surface area (Å²) in [7, 11) is 0. The number of carbonyl (C=O) groups excluding carboxylic acids is 1. The Morgan fingerprint density at radius 1 is 1.88 bits per heavy atom. The molecule has 44 valence electrons. The molecule has 1 atom stereocenters. The molecule has 0 amide bonds. The van der Waals surface area contributed by atoms with Crippen molar-refractivity contribution in [1.29, 1.82) is 0 Å². The lowest BCUT2D eigenvalue weighted by Gasteiger charge is -2.07. The number of rotatable bonds is 0. The lowest BCUT2D eigenvalue weighted by Crippen LogP contribution is -2.14. The summed E-state index contributed by atoms with van der Waals surface area (Å²) in [6.07, 6.45) is 2.53. The summed E-state index contributed by atoms with van der Waals surface area (Å²) in [6, 6.07) is 0. The number of aliphatic imine (C=N–C) groups is 1. The normalized spacial score (nSPS) is 28.6. The predicted molar refractivity (Wildman–Crippen MR) is 32.1 cm³/mol. The highest BCUT2D eigenvalue weighted by atomic mass is 16.1. The zero-order valence-electron chi connectivity index (χ0n) is 4.92. The third-order valence-electron chi connectivity index (χ3n) is 1.18. The summed E-state index contributed by atoms with van der Waals surface area (Å²) in [5.41, 5.74) is 0. The Morgan fingerprint density at radius 2 is 2.62 bits per heavy atom. The molecule has 1 aliphatic heterocycles. The van der Waals surface area contributed by atoms with E-state index in [-0.39, 0.29) is 5.78 Å².